The van der Waals surface area contributed by atoms with E-state index in [0.29, 0.717) is 5.13 Å². The van der Waals surface area contributed by atoms with Crippen LogP contribution in [0.5, 0.6) is 0 Å². The predicted molar refractivity (Wildman–Crippen MR) is 81.7 cm³/mol. The summed E-state index contributed by atoms with van der Waals surface area (Å²) in [6, 6.07) is 0. The van der Waals surface area contributed by atoms with E-state index in [1.165, 1.54) is 11.3 Å². The van der Waals surface area contributed by atoms with Gasteiger partial charge >= 0.3 is 0 Å². The fourth-order valence-corrected chi connectivity index (χ4v) is 3.66. The third kappa shape index (κ3) is 3.49. The summed E-state index contributed by atoms with van der Waals surface area (Å²) >= 11 is 3.12. The second-order valence-electron chi connectivity index (χ2n) is 4.24. The Labute approximate surface area is 121 Å². The van der Waals surface area contributed by atoms with Crippen LogP contribution in [0, 0.1) is 6.92 Å². The summed E-state index contributed by atoms with van der Waals surface area (Å²) in [5, 5.41) is 10.5. The minimum absolute atomic E-state index is 0.507. The van der Waals surface area contributed by atoms with Crippen molar-refractivity contribution in [2.75, 3.05) is 25.4 Å². The summed E-state index contributed by atoms with van der Waals surface area (Å²) in [6.07, 6.45) is 0.988. The summed E-state index contributed by atoms with van der Waals surface area (Å²) < 4.78 is 0. The molecule has 0 amide bonds. The molecule has 0 unspecified atom stereocenters. The van der Waals surface area contributed by atoms with Crippen molar-refractivity contribution in [3.8, 4) is 9.88 Å². The van der Waals surface area contributed by atoms with E-state index in [-0.39, 0.29) is 0 Å². The zero-order valence-corrected chi connectivity index (χ0v) is 13.1. The summed E-state index contributed by atoms with van der Waals surface area (Å²) in [4.78, 5) is 8.13. The molecular formula is C12H19N5S2. The Balaban J connectivity index is 2.08. The molecule has 0 saturated heterocycles. The Morgan fingerprint density at radius 3 is 2.47 bits per heavy atom. The quantitative estimate of drug-likeness (QED) is 0.887. The Kier molecular flexibility index (Phi) is 4.84. The van der Waals surface area contributed by atoms with E-state index in [1.807, 2.05) is 6.92 Å². The number of hydrogen-bond acceptors (Lipinski definition) is 7. The minimum Gasteiger partial charge on any atom is -0.374 e. The molecule has 0 aliphatic carbocycles. The molecular weight excluding hydrogens is 278 g/mol. The Hall–Kier alpha value is -1.05. The molecule has 0 aliphatic heterocycles. The van der Waals surface area contributed by atoms with Gasteiger partial charge in [0, 0.05) is 13.0 Å². The van der Waals surface area contributed by atoms with Crippen molar-refractivity contribution in [1.29, 1.82) is 0 Å². The number of nitrogen functional groups attached to an aromatic ring is 1. The van der Waals surface area contributed by atoms with Crippen molar-refractivity contribution in [3.63, 3.8) is 0 Å². The summed E-state index contributed by atoms with van der Waals surface area (Å²) in [6.45, 7) is 9.61. The van der Waals surface area contributed by atoms with Gasteiger partial charge in [-0.05, 0) is 20.0 Å². The van der Waals surface area contributed by atoms with E-state index in [9.17, 15) is 0 Å². The summed E-state index contributed by atoms with van der Waals surface area (Å²) in [5.41, 5.74) is 6.65. The highest BCUT2D eigenvalue weighted by Crippen LogP contribution is 2.32. The molecule has 0 bridgehead atoms. The smallest absolute Gasteiger partial charge is 0.203 e. The third-order valence-electron chi connectivity index (χ3n) is 3.01. The summed E-state index contributed by atoms with van der Waals surface area (Å²) in [5.74, 6) is 0. The molecule has 0 aliphatic rings. The highest BCUT2D eigenvalue weighted by molar-refractivity contribution is 7.23. The molecule has 5 nitrogen and oxygen atoms in total. The van der Waals surface area contributed by atoms with Gasteiger partial charge in [0.05, 0.1) is 15.6 Å². The molecule has 2 rings (SSSR count). The van der Waals surface area contributed by atoms with E-state index < -0.39 is 0 Å². The lowest BCUT2D eigenvalue weighted by Gasteiger charge is -2.16. The number of aromatic nitrogens is 3. The molecule has 0 spiro atoms. The molecule has 0 fully saturated rings. The third-order valence-corrected chi connectivity index (χ3v) is 5.14. The van der Waals surface area contributed by atoms with Gasteiger partial charge in [0.15, 0.2) is 5.01 Å². The van der Waals surface area contributed by atoms with Gasteiger partial charge in [-0.1, -0.05) is 25.2 Å². The number of thiazole rings is 1. The first-order valence-corrected chi connectivity index (χ1v) is 8.05. The van der Waals surface area contributed by atoms with E-state index in [2.05, 4.69) is 33.9 Å². The maximum absolute atomic E-state index is 5.63. The van der Waals surface area contributed by atoms with Gasteiger partial charge in [0.2, 0.25) is 5.13 Å². The lowest BCUT2D eigenvalue weighted by molar-refractivity contribution is 0.308. The summed E-state index contributed by atoms with van der Waals surface area (Å²) in [7, 11) is 0. The zero-order chi connectivity index (χ0) is 13.8. The Bertz CT molecular complexity index is 530. The van der Waals surface area contributed by atoms with E-state index >= 15 is 0 Å². The lowest BCUT2D eigenvalue weighted by atomic mass is 10.3. The molecule has 0 aromatic carbocycles. The minimum atomic E-state index is 0.507. The molecule has 7 heteroatoms. The SMILES string of the molecule is CCN(CC)CCc1nc(C)c(-c2nnc(N)s2)s1. The van der Waals surface area contributed by atoms with E-state index in [4.69, 9.17) is 5.73 Å². The first-order valence-electron chi connectivity index (χ1n) is 6.42. The average Bonchev–Trinajstić information content (AvgIpc) is 2.97. The maximum Gasteiger partial charge on any atom is 0.203 e. The van der Waals surface area contributed by atoms with Crippen molar-refractivity contribution in [3.05, 3.63) is 10.7 Å². The van der Waals surface area contributed by atoms with Gasteiger partial charge in [-0.2, -0.15) is 0 Å². The van der Waals surface area contributed by atoms with Gasteiger partial charge in [-0.15, -0.1) is 21.5 Å². The predicted octanol–water partition coefficient (Wildman–Crippen LogP) is 2.44. The maximum atomic E-state index is 5.63. The first kappa shape index (κ1) is 14.4. The normalized spacial score (nSPS) is 11.4. The average molecular weight is 297 g/mol. The standard InChI is InChI=1S/C12H19N5S2/c1-4-17(5-2)7-6-9-14-8(3)10(18-9)11-15-16-12(13)19-11/h4-7H2,1-3H3,(H2,13,16). The number of anilines is 1. The Morgan fingerprint density at radius 2 is 1.89 bits per heavy atom. The van der Waals surface area contributed by atoms with Crippen LogP contribution in [-0.4, -0.2) is 39.7 Å². The number of hydrogen-bond donors (Lipinski definition) is 1. The van der Waals surface area contributed by atoms with Crippen molar-refractivity contribution in [1.82, 2.24) is 20.1 Å². The topological polar surface area (TPSA) is 67.9 Å². The molecule has 2 heterocycles. The van der Waals surface area contributed by atoms with Crippen molar-refractivity contribution >= 4 is 27.8 Å². The lowest BCUT2D eigenvalue weighted by Crippen LogP contribution is -2.25. The zero-order valence-electron chi connectivity index (χ0n) is 11.5. The molecule has 0 saturated carbocycles. The molecule has 19 heavy (non-hydrogen) atoms. The monoisotopic (exact) mass is 297 g/mol. The van der Waals surface area contributed by atoms with Crippen molar-refractivity contribution in [2.24, 2.45) is 0 Å². The molecule has 2 aromatic heterocycles. The van der Waals surface area contributed by atoms with Gasteiger partial charge in [0.25, 0.3) is 0 Å². The Morgan fingerprint density at radius 1 is 1.16 bits per heavy atom. The highest BCUT2D eigenvalue weighted by Gasteiger charge is 2.14. The second-order valence-corrected chi connectivity index (χ2v) is 6.34. The number of likely N-dealkylation sites (N-methyl/N-ethyl adjacent to an activating group) is 1. The molecule has 2 aromatic rings. The van der Waals surface area contributed by atoms with E-state index in [0.717, 1.165) is 46.6 Å². The number of rotatable bonds is 6. The first-order chi connectivity index (χ1) is 9.13. The second kappa shape index (κ2) is 6.40. The molecule has 104 valence electrons. The van der Waals surface area contributed by atoms with Crippen LogP contribution < -0.4 is 5.73 Å². The van der Waals surface area contributed by atoms with Crippen LogP contribution in [0.2, 0.25) is 0 Å². The van der Waals surface area contributed by atoms with Crippen LogP contribution in [-0.2, 0) is 6.42 Å². The van der Waals surface area contributed by atoms with Gasteiger partial charge in [-0.25, -0.2) is 4.98 Å². The van der Waals surface area contributed by atoms with Crippen LogP contribution in [0.1, 0.15) is 24.5 Å². The number of nitrogens with zero attached hydrogens (tertiary/aromatic N) is 4. The number of nitrogens with two attached hydrogens (primary N) is 1. The van der Waals surface area contributed by atoms with Gasteiger partial charge in [0.1, 0.15) is 0 Å². The van der Waals surface area contributed by atoms with Gasteiger partial charge in [-0.3, -0.25) is 0 Å². The fourth-order valence-electron chi connectivity index (χ4n) is 1.88. The van der Waals surface area contributed by atoms with Crippen molar-refractivity contribution in [2.45, 2.75) is 27.2 Å². The molecule has 0 atom stereocenters. The van der Waals surface area contributed by atoms with Crippen LogP contribution in [0.4, 0.5) is 5.13 Å². The van der Waals surface area contributed by atoms with E-state index in [1.54, 1.807) is 11.3 Å². The van der Waals surface area contributed by atoms with Crippen LogP contribution >= 0.6 is 22.7 Å². The van der Waals surface area contributed by atoms with Crippen LogP contribution in [0.3, 0.4) is 0 Å². The molecule has 0 radical (unpaired) electrons. The molecule has 2 N–H and O–H groups in total. The number of aryl methyl sites for hydroxylation is 1. The fraction of sp³-hybridized carbons (Fsp3) is 0.583. The van der Waals surface area contributed by atoms with Crippen LogP contribution in [0.15, 0.2) is 0 Å². The largest absolute Gasteiger partial charge is 0.374 e. The van der Waals surface area contributed by atoms with Gasteiger partial charge < -0.3 is 10.6 Å². The van der Waals surface area contributed by atoms with Crippen molar-refractivity contribution < 1.29 is 0 Å². The highest BCUT2D eigenvalue weighted by atomic mass is 32.1. The van der Waals surface area contributed by atoms with Crippen LogP contribution in [0.25, 0.3) is 9.88 Å².